The SMILES string of the molecule is Cc1cc(CC(=O)NCC2CCCO2)n[nH]1. The van der Waals surface area contributed by atoms with E-state index in [1.807, 2.05) is 13.0 Å². The Hall–Kier alpha value is -1.36. The molecule has 2 N–H and O–H groups in total. The molecular weight excluding hydrogens is 206 g/mol. The average molecular weight is 223 g/mol. The number of hydrogen-bond donors (Lipinski definition) is 2. The summed E-state index contributed by atoms with van der Waals surface area (Å²) in [6.07, 6.45) is 2.67. The van der Waals surface area contributed by atoms with Gasteiger partial charge in [0.1, 0.15) is 0 Å². The molecule has 1 fully saturated rings. The minimum Gasteiger partial charge on any atom is -0.376 e. The van der Waals surface area contributed by atoms with Gasteiger partial charge in [0.25, 0.3) is 0 Å². The molecule has 1 aliphatic rings. The van der Waals surface area contributed by atoms with Crippen molar-refractivity contribution in [2.24, 2.45) is 0 Å². The van der Waals surface area contributed by atoms with Gasteiger partial charge >= 0.3 is 0 Å². The second-order valence-electron chi connectivity index (χ2n) is 4.16. The van der Waals surface area contributed by atoms with E-state index in [0.29, 0.717) is 13.0 Å². The first-order valence-electron chi connectivity index (χ1n) is 5.63. The third-order valence-corrected chi connectivity index (χ3v) is 2.65. The Kier molecular flexibility index (Phi) is 3.56. The van der Waals surface area contributed by atoms with Crippen molar-refractivity contribution < 1.29 is 9.53 Å². The first-order chi connectivity index (χ1) is 7.74. The zero-order chi connectivity index (χ0) is 11.4. The number of carbonyl (C=O) groups is 1. The molecule has 1 saturated heterocycles. The number of H-pyrrole nitrogens is 1. The molecule has 0 saturated carbocycles. The van der Waals surface area contributed by atoms with Crippen LogP contribution in [0.4, 0.5) is 0 Å². The first kappa shape index (κ1) is 11.1. The van der Waals surface area contributed by atoms with E-state index in [9.17, 15) is 4.79 Å². The fourth-order valence-electron chi connectivity index (χ4n) is 1.83. The molecule has 0 radical (unpaired) electrons. The number of carbonyl (C=O) groups excluding carboxylic acids is 1. The highest BCUT2D eigenvalue weighted by atomic mass is 16.5. The van der Waals surface area contributed by atoms with Gasteiger partial charge in [0, 0.05) is 18.8 Å². The minimum atomic E-state index is 0.00185. The Labute approximate surface area is 94.6 Å². The highest BCUT2D eigenvalue weighted by molar-refractivity contribution is 5.78. The Balaban J connectivity index is 1.71. The highest BCUT2D eigenvalue weighted by Gasteiger charge is 2.16. The van der Waals surface area contributed by atoms with Crippen molar-refractivity contribution in [3.05, 3.63) is 17.5 Å². The molecule has 2 heterocycles. The van der Waals surface area contributed by atoms with Crippen LogP contribution in [0.5, 0.6) is 0 Å². The van der Waals surface area contributed by atoms with Crippen LogP contribution in [0.25, 0.3) is 0 Å². The van der Waals surface area contributed by atoms with Crippen LogP contribution >= 0.6 is 0 Å². The van der Waals surface area contributed by atoms with Gasteiger partial charge in [-0.2, -0.15) is 5.10 Å². The van der Waals surface area contributed by atoms with Crippen molar-refractivity contribution >= 4 is 5.91 Å². The summed E-state index contributed by atoms with van der Waals surface area (Å²) in [5.41, 5.74) is 1.75. The van der Waals surface area contributed by atoms with E-state index >= 15 is 0 Å². The fraction of sp³-hybridized carbons (Fsp3) is 0.636. The predicted octanol–water partition coefficient (Wildman–Crippen LogP) is 0.556. The van der Waals surface area contributed by atoms with Crippen molar-refractivity contribution in [1.82, 2.24) is 15.5 Å². The number of aromatic amines is 1. The Bertz CT molecular complexity index is 356. The molecule has 1 amide bonds. The maximum atomic E-state index is 11.6. The summed E-state index contributed by atoms with van der Waals surface area (Å²) in [6.45, 7) is 3.35. The molecule has 0 aliphatic carbocycles. The maximum Gasteiger partial charge on any atom is 0.226 e. The number of nitrogens with zero attached hydrogens (tertiary/aromatic N) is 1. The van der Waals surface area contributed by atoms with Crippen LogP contribution in [-0.2, 0) is 16.0 Å². The fourth-order valence-corrected chi connectivity index (χ4v) is 1.83. The molecule has 1 atom stereocenters. The summed E-state index contributed by atoms with van der Waals surface area (Å²) in [7, 11) is 0. The lowest BCUT2D eigenvalue weighted by molar-refractivity contribution is -0.121. The molecule has 2 rings (SSSR count). The minimum absolute atomic E-state index is 0.00185. The van der Waals surface area contributed by atoms with Crippen molar-refractivity contribution in [2.45, 2.75) is 32.3 Å². The lowest BCUT2D eigenvalue weighted by Crippen LogP contribution is -2.32. The Morgan fingerprint density at radius 2 is 2.62 bits per heavy atom. The summed E-state index contributed by atoms with van der Waals surface area (Å²) in [4.78, 5) is 11.6. The van der Waals surface area contributed by atoms with Crippen molar-refractivity contribution in [3.8, 4) is 0 Å². The number of amides is 1. The van der Waals surface area contributed by atoms with E-state index in [-0.39, 0.29) is 12.0 Å². The van der Waals surface area contributed by atoms with E-state index in [0.717, 1.165) is 30.8 Å². The van der Waals surface area contributed by atoms with Gasteiger partial charge in [0.05, 0.1) is 18.2 Å². The number of ether oxygens (including phenoxy) is 1. The van der Waals surface area contributed by atoms with Gasteiger partial charge in [-0.05, 0) is 25.8 Å². The van der Waals surface area contributed by atoms with Gasteiger partial charge in [-0.1, -0.05) is 0 Å². The lowest BCUT2D eigenvalue weighted by Gasteiger charge is -2.09. The van der Waals surface area contributed by atoms with E-state index in [2.05, 4.69) is 15.5 Å². The molecule has 1 unspecified atom stereocenters. The van der Waals surface area contributed by atoms with Crippen molar-refractivity contribution in [2.75, 3.05) is 13.2 Å². The van der Waals surface area contributed by atoms with Gasteiger partial charge < -0.3 is 10.1 Å². The van der Waals surface area contributed by atoms with Gasteiger partial charge in [-0.3, -0.25) is 9.89 Å². The van der Waals surface area contributed by atoms with Crippen molar-refractivity contribution in [3.63, 3.8) is 0 Å². The second-order valence-corrected chi connectivity index (χ2v) is 4.16. The summed E-state index contributed by atoms with van der Waals surface area (Å²) >= 11 is 0. The molecule has 0 spiro atoms. The van der Waals surface area contributed by atoms with Gasteiger partial charge in [0.2, 0.25) is 5.91 Å². The summed E-state index contributed by atoms with van der Waals surface area (Å²) in [5, 5.41) is 9.70. The van der Waals surface area contributed by atoms with Gasteiger partial charge in [0.15, 0.2) is 0 Å². The number of nitrogens with one attached hydrogen (secondary N) is 2. The van der Waals surface area contributed by atoms with Crippen LogP contribution in [0.3, 0.4) is 0 Å². The molecule has 1 aliphatic heterocycles. The summed E-state index contributed by atoms with van der Waals surface area (Å²) in [5.74, 6) is 0.00185. The monoisotopic (exact) mass is 223 g/mol. The van der Waals surface area contributed by atoms with E-state index in [1.165, 1.54) is 0 Å². The van der Waals surface area contributed by atoms with Gasteiger partial charge in [-0.15, -0.1) is 0 Å². The van der Waals surface area contributed by atoms with Crippen LogP contribution < -0.4 is 5.32 Å². The Morgan fingerprint density at radius 3 is 3.25 bits per heavy atom. The number of aryl methyl sites for hydroxylation is 1. The van der Waals surface area contributed by atoms with Crippen molar-refractivity contribution in [1.29, 1.82) is 0 Å². The molecule has 0 bridgehead atoms. The molecule has 16 heavy (non-hydrogen) atoms. The standard InChI is InChI=1S/C11H17N3O2/c1-8-5-9(14-13-8)6-11(15)12-7-10-3-2-4-16-10/h5,10H,2-4,6-7H2,1H3,(H,12,15)(H,13,14). The third kappa shape index (κ3) is 3.06. The molecule has 88 valence electrons. The summed E-state index contributed by atoms with van der Waals surface area (Å²) < 4.78 is 5.42. The second kappa shape index (κ2) is 5.12. The molecule has 5 heteroatoms. The Morgan fingerprint density at radius 1 is 1.75 bits per heavy atom. The summed E-state index contributed by atoms with van der Waals surface area (Å²) in [6, 6.07) is 1.88. The quantitative estimate of drug-likeness (QED) is 0.783. The maximum absolute atomic E-state index is 11.6. The molecule has 0 aromatic carbocycles. The largest absolute Gasteiger partial charge is 0.376 e. The normalized spacial score (nSPS) is 19.9. The van der Waals surface area contributed by atoms with Crippen LogP contribution in [0.15, 0.2) is 6.07 Å². The van der Waals surface area contributed by atoms with E-state index in [1.54, 1.807) is 0 Å². The van der Waals surface area contributed by atoms with Gasteiger partial charge in [-0.25, -0.2) is 0 Å². The smallest absolute Gasteiger partial charge is 0.226 e. The lowest BCUT2D eigenvalue weighted by atomic mass is 10.2. The number of aromatic nitrogens is 2. The van der Waals surface area contributed by atoms with Crippen LogP contribution in [0.2, 0.25) is 0 Å². The average Bonchev–Trinajstić information content (AvgIpc) is 2.87. The van der Waals surface area contributed by atoms with Crippen LogP contribution in [0.1, 0.15) is 24.2 Å². The molecule has 5 nitrogen and oxygen atoms in total. The zero-order valence-corrected chi connectivity index (χ0v) is 9.45. The van der Waals surface area contributed by atoms with Crippen LogP contribution in [-0.4, -0.2) is 35.4 Å². The van der Waals surface area contributed by atoms with E-state index < -0.39 is 0 Å². The first-order valence-corrected chi connectivity index (χ1v) is 5.63. The van der Waals surface area contributed by atoms with E-state index in [4.69, 9.17) is 4.74 Å². The van der Waals surface area contributed by atoms with Crippen LogP contribution in [0, 0.1) is 6.92 Å². The molecule has 1 aromatic rings. The topological polar surface area (TPSA) is 67.0 Å². The molecule has 1 aromatic heterocycles. The number of hydrogen-bond acceptors (Lipinski definition) is 3. The highest BCUT2D eigenvalue weighted by Crippen LogP contribution is 2.10. The number of rotatable bonds is 4. The predicted molar refractivity (Wildman–Crippen MR) is 59.0 cm³/mol. The third-order valence-electron chi connectivity index (χ3n) is 2.65. The molecular formula is C11H17N3O2. The zero-order valence-electron chi connectivity index (χ0n) is 9.45.